The molecule has 5 nitrogen and oxygen atoms in total. The highest BCUT2D eigenvalue weighted by Crippen LogP contribution is 2.24. The zero-order valence-corrected chi connectivity index (χ0v) is 11.1. The molecule has 0 saturated carbocycles. The van der Waals surface area contributed by atoms with E-state index in [9.17, 15) is 13.2 Å². The van der Waals surface area contributed by atoms with E-state index >= 15 is 0 Å². The monoisotopic (exact) mass is 251 g/mol. The molecule has 0 saturated heterocycles. The van der Waals surface area contributed by atoms with Gasteiger partial charge < -0.3 is 5.11 Å². The molecule has 0 radical (unpaired) electrons. The Balaban J connectivity index is 4.43. The van der Waals surface area contributed by atoms with Crippen LogP contribution in [-0.4, -0.2) is 31.8 Å². The van der Waals surface area contributed by atoms with Gasteiger partial charge in [0.1, 0.15) is 0 Å². The van der Waals surface area contributed by atoms with Crippen LogP contribution in [0.2, 0.25) is 0 Å². The van der Waals surface area contributed by atoms with Crippen LogP contribution < -0.4 is 4.72 Å². The van der Waals surface area contributed by atoms with Crippen LogP contribution in [0.15, 0.2) is 0 Å². The molecule has 1 unspecified atom stereocenters. The summed E-state index contributed by atoms with van der Waals surface area (Å²) in [5, 5.41) is 8.97. The van der Waals surface area contributed by atoms with Crippen molar-refractivity contribution in [1.29, 1.82) is 0 Å². The first kappa shape index (κ1) is 15.4. The molecule has 0 aromatic rings. The van der Waals surface area contributed by atoms with Crippen molar-refractivity contribution in [2.24, 2.45) is 11.3 Å². The lowest BCUT2D eigenvalue weighted by atomic mass is 9.85. The van der Waals surface area contributed by atoms with Crippen molar-refractivity contribution in [3.63, 3.8) is 0 Å². The summed E-state index contributed by atoms with van der Waals surface area (Å²) in [5.41, 5.74) is -0.138. The molecule has 0 aromatic heterocycles. The van der Waals surface area contributed by atoms with Gasteiger partial charge in [0.05, 0.1) is 11.7 Å². The van der Waals surface area contributed by atoms with Gasteiger partial charge in [0.2, 0.25) is 10.0 Å². The minimum atomic E-state index is -3.32. The SMILES string of the molecule is CCS(=O)(=O)NCC(CC(C)(C)C)C(=O)O. The van der Waals surface area contributed by atoms with Gasteiger partial charge in [-0.2, -0.15) is 0 Å². The fourth-order valence-electron chi connectivity index (χ4n) is 1.32. The van der Waals surface area contributed by atoms with Gasteiger partial charge in [-0.1, -0.05) is 20.8 Å². The average molecular weight is 251 g/mol. The van der Waals surface area contributed by atoms with Crippen LogP contribution in [-0.2, 0) is 14.8 Å². The Bertz CT molecular complexity index is 329. The summed E-state index contributed by atoms with van der Waals surface area (Å²) in [7, 11) is -3.32. The minimum absolute atomic E-state index is 0.0329. The molecule has 0 spiro atoms. The van der Waals surface area contributed by atoms with Gasteiger partial charge in [-0.15, -0.1) is 0 Å². The fourth-order valence-corrected chi connectivity index (χ4v) is 1.97. The lowest BCUT2D eigenvalue weighted by Crippen LogP contribution is -2.35. The molecule has 0 heterocycles. The van der Waals surface area contributed by atoms with E-state index in [2.05, 4.69) is 4.72 Å². The molecule has 1 atom stereocenters. The number of carbonyl (C=O) groups is 1. The molecule has 0 aliphatic heterocycles. The van der Waals surface area contributed by atoms with E-state index in [0.29, 0.717) is 6.42 Å². The molecule has 96 valence electrons. The topological polar surface area (TPSA) is 83.5 Å². The molecule has 0 fully saturated rings. The van der Waals surface area contributed by atoms with Crippen LogP contribution in [0.25, 0.3) is 0 Å². The predicted molar refractivity (Wildman–Crippen MR) is 62.7 cm³/mol. The van der Waals surface area contributed by atoms with Gasteiger partial charge in [0.15, 0.2) is 0 Å². The van der Waals surface area contributed by atoms with Gasteiger partial charge in [0, 0.05) is 6.54 Å². The van der Waals surface area contributed by atoms with Crippen molar-refractivity contribution in [3.05, 3.63) is 0 Å². The normalized spacial score (nSPS) is 14.8. The molecule has 0 aliphatic carbocycles. The quantitative estimate of drug-likeness (QED) is 0.739. The predicted octanol–water partition coefficient (Wildman–Crippen LogP) is 1.06. The molecule has 2 N–H and O–H groups in total. The number of hydrogen-bond donors (Lipinski definition) is 2. The number of hydrogen-bond acceptors (Lipinski definition) is 3. The van der Waals surface area contributed by atoms with E-state index in [1.54, 1.807) is 0 Å². The first-order valence-corrected chi connectivity index (χ1v) is 6.93. The number of rotatable bonds is 6. The molecule has 6 heteroatoms. The summed E-state index contributed by atoms with van der Waals surface area (Å²) in [6.07, 6.45) is 0.439. The van der Waals surface area contributed by atoms with Crippen LogP contribution in [0.3, 0.4) is 0 Å². The van der Waals surface area contributed by atoms with E-state index < -0.39 is 21.9 Å². The van der Waals surface area contributed by atoms with Gasteiger partial charge >= 0.3 is 5.97 Å². The molecular weight excluding hydrogens is 230 g/mol. The van der Waals surface area contributed by atoms with Crippen molar-refractivity contribution < 1.29 is 18.3 Å². The summed E-state index contributed by atoms with van der Waals surface area (Å²) in [6, 6.07) is 0. The number of carboxylic acid groups (broad SMARTS) is 1. The largest absolute Gasteiger partial charge is 0.481 e. The maximum absolute atomic E-state index is 11.2. The summed E-state index contributed by atoms with van der Waals surface area (Å²) in [6.45, 7) is 7.26. The summed E-state index contributed by atoms with van der Waals surface area (Å²) in [5.74, 6) is -1.68. The molecular formula is C10H21NO4S. The molecule has 0 rings (SSSR count). The van der Waals surface area contributed by atoms with Gasteiger partial charge in [0.25, 0.3) is 0 Å². The minimum Gasteiger partial charge on any atom is -0.481 e. The second-order valence-electron chi connectivity index (χ2n) is 5.05. The Morgan fingerprint density at radius 3 is 2.19 bits per heavy atom. The zero-order chi connectivity index (χ0) is 13.0. The molecule has 0 amide bonds. The molecule has 0 aliphatic rings. The van der Waals surface area contributed by atoms with E-state index in [-0.39, 0.29) is 17.7 Å². The number of sulfonamides is 1. The molecule has 0 aromatic carbocycles. The van der Waals surface area contributed by atoms with Crippen molar-refractivity contribution in [2.45, 2.75) is 34.1 Å². The average Bonchev–Trinajstić information content (AvgIpc) is 2.10. The van der Waals surface area contributed by atoms with Gasteiger partial charge in [-0.3, -0.25) is 4.79 Å². The Hall–Kier alpha value is -0.620. The summed E-state index contributed by atoms with van der Waals surface area (Å²) >= 11 is 0. The summed E-state index contributed by atoms with van der Waals surface area (Å²) in [4.78, 5) is 10.9. The lowest BCUT2D eigenvalue weighted by Gasteiger charge is -2.23. The number of carboxylic acids is 1. The Morgan fingerprint density at radius 2 is 1.88 bits per heavy atom. The smallest absolute Gasteiger partial charge is 0.307 e. The van der Waals surface area contributed by atoms with Crippen LogP contribution in [0.4, 0.5) is 0 Å². The highest BCUT2D eigenvalue weighted by atomic mass is 32.2. The second-order valence-corrected chi connectivity index (χ2v) is 7.15. The van der Waals surface area contributed by atoms with E-state index in [1.165, 1.54) is 6.92 Å². The second kappa shape index (κ2) is 5.63. The highest BCUT2D eigenvalue weighted by Gasteiger charge is 2.25. The maximum atomic E-state index is 11.2. The van der Waals surface area contributed by atoms with Crippen LogP contribution in [0.5, 0.6) is 0 Å². The van der Waals surface area contributed by atoms with Crippen molar-refractivity contribution >= 4 is 16.0 Å². The van der Waals surface area contributed by atoms with E-state index in [0.717, 1.165) is 0 Å². The van der Waals surface area contributed by atoms with Crippen molar-refractivity contribution in [1.82, 2.24) is 4.72 Å². The Morgan fingerprint density at radius 1 is 1.38 bits per heavy atom. The molecule has 0 bridgehead atoms. The zero-order valence-electron chi connectivity index (χ0n) is 10.3. The van der Waals surface area contributed by atoms with Crippen LogP contribution in [0, 0.1) is 11.3 Å². The first-order chi connectivity index (χ1) is 7.07. The number of nitrogens with one attached hydrogen (secondary N) is 1. The standard InChI is InChI=1S/C10H21NO4S/c1-5-16(14,15)11-7-8(9(12)13)6-10(2,3)4/h8,11H,5-7H2,1-4H3,(H,12,13). The Kier molecular flexibility index (Phi) is 5.41. The third kappa shape index (κ3) is 6.79. The van der Waals surface area contributed by atoms with E-state index in [4.69, 9.17) is 5.11 Å². The van der Waals surface area contributed by atoms with Crippen molar-refractivity contribution in [2.75, 3.05) is 12.3 Å². The van der Waals surface area contributed by atoms with Crippen LogP contribution >= 0.6 is 0 Å². The maximum Gasteiger partial charge on any atom is 0.307 e. The summed E-state index contributed by atoms with van der Waals surface area (Å²) < 4.78 is 24.7. The Labute approximate surface area is 97.3 Å². The third-order valence-corrected chi connectivity index (χ3v) is 3.50. The lowest BCUT2D eigenvalue weighted by molar-refractivity contribution is -0.142. The molecule has 16 heavy (non-hydrogen) atoms. The highest BCUT2D eigenvalue weighted by molar-refractivity contribution is 7.89. The van der Waals surface area contributed by atoms with E-state index in [1.807, 2.05) is 20.8 Å². The van der Waals surface area contributed by atoms with Crippen LogP contribution in [0.1, 0.15) is 34.1 Å². The fraction of sp³-hybridized carbons (Fsp3) is 0.900. The third-order valence-electron chi connectivity index (χ3n) is 2.14. The van der Waals surface area contributed by atoms with Gasteiger partial charge in [-0.05, 0) is 18.8 Å². The first-order valence-electron chi connectivity index (χ1n) is 5.27. The number of aliphatic carboxylic acids is 1. The van der Waals surface area contributed by atoms with Crippen molar-refractivity contribution in [3.8, 4) is 0 Å². The van der Waals surface area contributed by atoms with Gasteiger partial charge in [-0.25, -0.2) is 13.1 Å².